The molecule has 0 spiro atoms. The minimum Gasteiger partial charge on any atom is -0.496 e. The SMILES string of the molecule is CCOc1cc2occ(-c3ccccc3OC)c2cc1/C(C)=C/C(=O)N1CCN(C)CC1. The first-order valence-corrected chi connectivity index (χ1v) is 11.0. The highest BCUT2D eigenvalue weighted by Gasteiger charge is 2.20. The molecule has 32 heavy (non-hydrogen) atoms. The number of likely N-dealkylation sites (N-methyl/N-ethyl adjacent to an activating group) is 1. The van der Waals surface area contributed by atoms with E-state index in [0.717, 1.165) is 65.2 Å². The van der Waals surface area contributed by atoms with Gasteiger partial charge in [-0.15, -0.1) is 0 Å². The summed E-state index contributed by atoms with van der Waals surface area (Å²) in [5.74, 6) is 1.53. The van der Waals surface area contributed by atoms with Crippen molar-refractivity contribution in [3.8, 4) is 22.6 Å². The molecule has 1 aromatic heterocycles. The molecule has 168 valence electrons. The number of fused-ring (bicyclic) bond motifs is 1. The maximum atomic E-state index is 12.9. The van der Waals surface area contributed by atoms with Crippen LogP contribution in [-0.2, 0) is 4.79 Å². The third kappa shape index (κ3) is 4.36. The summed E-state index contributed by atoms with van der Waals surface area (Å²) in [5.41, 5.74) is 4.39. The normalized spacial score (nSPS) is 15.2. The Kier molecular flexibility index (Phi) is 6.51. The van der Waals surface area contributed by atoms with Crippen molar-refractivity contribution in [3.05, 3.63) is 54.3 Å². The number of carbonyl (C=O) groups excluding carboxylic acids is 1. The number of para-hydroxylation sites is 1. The molecule has 1 aliphatic rings. The maximum Gasteiger partial charge on any atom is 0.246 e. The zero-order valence-corrected chi connectivity index (χ0v) is 19.2. The number of allylic oxidation sites excluding steroid dienone is 1. The van der Waals surface area contributed by atoms with E-state index in [-0.39, 0.29) is 5.91 Å². The number of amides is 1. The van der Waals surface area contributed by atoms with E-state index < -0.39 is 0 Å². The Hall–Kier alpha value is -3.25. The fourth-order valence-corrected chi connectivity index (χ4v) is 4.09. The van der Waals surface area contributed by atoms with E-state index in [1.54, 1.807) is 19.4 Å². The number of hydrogen-bond donors (Lipinski definition) is 0. The topological polar surface area (TPSA) is 55.2 Å². The molecule has 1 amide bonds. The highest BCUT2D eigenvalue weighted by Crippen LogP contribution is 2.40. The third-order valence-electron chi connectivity index (χ3n) is 5.95. The van der Waals surface area contributed by atoms with Crippen LogP contribution in [0.4, 0.5) is 0 Å². The summed E-state index contributed by atoms with van der Waals surface area (Å²) in [6, 6.07) is 11.8. The van der Waals surface area contributed by atoms with Crippen molar-refractivity contribution in [2.45, 2.75) is 13.8 Å². The van der Waals surface area contributed by atoms with Gasteiger partial charge in [0, 0.05) is 60.4 Å². The van der Waals surface area contributed by atoms with Gasteiger partial charge in [-0.2, -0.15) is 0 Å². The number of methoxy groups -OCH3 is 1. The third-order valence-corrected chi connectivity index (χ3v) is 5.95. The van der Waals surface area contributed by atoms with Gasteiger partial charge in [-0.1, -0.05) is 18.2 Å². The van der Waals surface area contributed by atoms with Crippen molar-refractivity contribution in [3.63, 3.8) is 0 Å². The first kappa shape index (κ1) is 22.0. The Bertz CT molecular complexity index is 1140. The quantitative estimate of drug-likeness (QED) is 0.527. The minimum atomic E-state index is 0.0373. The van der Waals surface area contributed by atoms with Gasteiger partial charge in [0.05, 0.1) is 20.0 Å². The van der Waals surface area contributed by atoms with Gasteiger partial charge in [-0.05, 0) is 38.6 Å². The molecule has 1 saturated heterocycles. The molecule has 4 rings (SSSR count). The number of furan rings is 1. The lowest BCUT2D eigenvalue weighted by molar-refractivity contribution is -0.127. The van der Waals surface area contributed by atoms with Gasteiger partial charge in [0.1, 0.15) is 17.1 Å². The van der Waals surface area contributed by atoms with Crippen LogP contribution in [0.5, 0.6) is 11.5 Å². The maximum absolute atomic E-state index is 12.9. The monoisotopic (exact) mass is 434 g/mol. The van der Waals surface area contributed by atoms with Crippen molar-refractivity contribution in [2.24, 2.45) is 0 Å². The zero-order chi connectivity index (χ0) is 22.7. The summed E-state index contributed by atoms with van der Waals surface area (Å²) in [4.78, 5) is 17.0. The lowest BCUT2D eigenvalue weighted by Crippen LogP contribution is -2.46. The van der Waals surface area contributed by atoms with Gasteiger partial charge < -0.3 is 23.7 Å². The van der Waals surface area contributed by atoms with E-state index in [2.05, 4.69) is 18.0 Å². The van der Waals surface area contributed by atoms with E-state index >= 15 is 0 Å². The highest BCUT2D eigenvalue weighted by atomic mass is 16.5. The highest BCUT2D eigenvalue weighted by molar-refractivity contribution is 6.01. The Morgan fingerprint density at radius 2 is 1.84 bits per heavy atom. The molecule has 0 N–H and O–H groups in total. The average molecular weight is 435 g/mol. The molecule has 0 atom stereocenters. The van der Waals surface area contributed by atoms with Crippen LogP contribution in [0.1, 0.15) is 19.4 Å². The fraction of sp³-hybridized carbons (Fsp3) is 0.346. The van der Waals surface area contributed by atoms with Crippen molar-refractivity contribution < 1.29 is 18.7 Å². The number of ether oxygens (including phenoxy) is 2. The summed E-state index contributed by atoms with van der Waals surface area (Å²) in [6.45, 7) is 7.72. The summed E-state index contributed by atoms with van der Waals surface area (Å²) in [7, 11) is 3.74. The van der Waals surface area contributed by atoms with E-state index in [4.69, 9.17) is 13.9 Å². The predicted octanol–water partition coefficient (Wildman–Crippen LogP) is 4.68. The lowest BCUT2D eigenvalue weighted by atomic mass is 9.98. The minimum absolute atomic E-state index is 0.0373. The van der Waals surface area contributed by atoms with Crippen LogP contribution < -0.4 is 9.47 Å². The van der Waals surface area contributed by atoms with Crippen LogP contribution >= 0.6 is 0 Å². The molecule has 2 aromatic carbocycles. The second-order valence-electron chi connectivity index (χ2n) is 8.08. The van der Waals surface area contributed by atoms with Crippen LogP contribution in [0.3, 0.4) is 0 Å². The number of benzene rings is 2. The van der Waals surface area contributed by atoms with Crippen LogP contribution in [0.25, 0.3) is 27.7 Å². The number of hydrogen-bond acceptors (Lipinski definition) is 5. The van der Waals surface area contributed by atoms with Gasteiger partial charge in [0.25, 0.3) is 0 Å². The summed E-state index contributed by atoms with van der Waals surface area (Å²) < 4.78 is 17.3. The molecule has 6 nitrogen and oxygen atoms in total. The van der Waals surface area contributed by atoms with Crippen molar-refractivity contribution in [1.29, 1.82) is 0 Å². The van der Waals surface area contributed by atoms with Crippen LogP contribution in [0, 0.1) is 0 Å². The Balaban J connectivity index is 1.75. The van der Waals surface area contributed by atoms with Crippen LogP contribution in [-0.4, -0.2) is 62.7 Å². The summed E-state index contributed by atoms with van der Waals surface area (Å²) in [6.07, 6.45) is 3.47. The number of carbonyl (C=O) groups is 1. The molecule has 3 aromatic rings. The molecule has 0 bridgehead atoms. The molecule has 1 fully saturated rings. The number of piperazine rings is 1. The average Bonchev–Trinajstić information content (AvgIpc) is 3.21. The van der Waals surface area contributed by atoms with E-state index in [9.17, 15) is 4.79 Å². The van der Waals surface area contributed by atoms with Gasteiger partial charge in [0.15, 0.2) is 0 Å². The zero-order valence-electron chi connectivity index (χ0n) is 19.2. The molecule has 2 heterocycles. The molecule has 6 heteroatoms. The lowest BCUT2D eigenvalue weighted by Gasteiger charge is -2.31. The van der Waals surface area contributed by atoms with E-state index in [1.165, 1.54) is 0 Å². The van der Waals surface area contributed by atoms with E-state index in [1.807, 2.05) is 49.1 Å². The Morgan fingerprint density at radius 3 is 2.56 bits per heavy atom. The van der Waals surface area contributed by atoms with Crippen molar-refractivity contribution in [1.82, 2.24) is 9.80 Å². The molecule has 0 radical (unpaired) electrons. The Morgan fingerprint density at radius 1 is 1.09 bits per heavy atom. The molecule has 0 aliphatic carbocycles. The molecule has 1 aliphatic heterocycles. The van der Waals surface area contributed by atoms with Crippen LogP contribution in [0.2, 0.25) is 0 Å². The van der Waals surface area contributed by atoms with Gasteiger partial charge in [0.2, 0.25) is 5.91 Å². The van der Waals surface area contributed by atoms with Gasteiger partial charge in [-0.25, -0.2) is 0 Å². The fourth-order valence-electron chi connectivity index (χ4n) is 4.09. The summed E-state index contributed by atoms with van der Waals surface area (Å²) >= 11 is 0. The molecule has 0 saturated carbocycles. The second kappa shape index (κ2) is 9.49. The van der Waals surface area contributed by atoms with Crippen molar-refractivity contribution in [2.75, 3.05) is 46.9 Å². The van der Waals surface area contributed by atoms with Gasteiger partial charge >= 0.3 is 0 Å². The first-order valence-electron chi connectivity index (χ1n) is 11.0. The second-order valence-corrected chi connectivity index (χ2v) is 8.08. The Labute approximate surface area is 189 Å². The number of rotatable bonds is 6. The summed E-state index contributed by atoms with van der Waals surface area (Å²) in [5, 5.41) is 0.952. The van der Waals surface area contributed by atoms with E-state index in [0.29, 0.717) is 12.4 Å². The van der Waals surface area contributed by atoms with Crippen LogP contribution in [0.15, 0.2) is 53.2 Å². The largest absolute Gasteiger partial charge is 0.496 e. The van der Waals surface area contributed by atoms with Crippen molar-refractivity contribution >= 4 is 22.4 Å². The molecular formula is C26H30N2O4. The first-order chi connectivity index (χ1) is 15.5. The standard InChI is InChI=1S/C26H30N2O4/c1-5-31-24-16-25-21(22(17-32-25)19-8-6-7-9-23(19)30-4)15-20(24)18(2)14-26(29)28-12-10-27(3)11-13-28/h6-9,14-17H,5,10-13H2,1-4H3/b18-14+. The molecular weight excluding hydrogens is 404 g/mol. The molecule has 0 unspecified atom stereocenters. The number of nitrogens with zero attached hydrogens (tertiary/aromatic N) is 2. The predicted molar refractivity (Wildman–Crippen MR) is 127 cm³/mol. The van der Waals surface area contributed by atoms with Gasteiger partial charge in [-0.3, -0.25) is 4.79 Å². The smallest absolute Gasteiger partial charge is 0.246 e.